The summed E-state index contributed by atoms with van der Waals surface area (Å²) in [5.74, 6) is 1.43. The van der Waals surface area contributed by atoms with Gasteiger partial charge in [-0.3, -0.25) is 0 Å². The zero-order chi connectivity index (χ0) is 10.1. The molecule has 4 heteroatoms. The van der Waals surface area contributed by atoms with E-state index in [1.54, 1.807) is 12.1 Å². The van der Waals surface area contributed by atoms with E-state index in [0.29, 0.717) is 20.3 Å². The third-order valence-corrected chi connectivity index (χ3v) is 4.14. The Labute approximate surface area is 101 Å². The highest BCUT2D eigenvalue weighted by molar-refractivity contribution is 9.10. The van der Waals surface area contributed by atoms with Crippen LogP contribution < -0.4 is 4.74 Å². The maximum absolute atomic E-state index is 6.05. The van der Waals surface area contributed by atoms with Crippen molar-refractivity contribution in [1.82, 2.24) is 0 Å². The minimum Gasteiger partial charge on any atom is -0.492 e. The standard InChI is InChI=1S/C10H9BrCl2O/c11-9-7(12)3-4-8(10(9)13)14-5-6-1-2-6/h3-4,6H,1-2,5H2. The molecule has 1 aliphatic rings. The van der Waals surface area contributed by atoms with Crippen molar-refractivity contribution in [3.8, 4) is 5.75 Å². The quantitative estimate of drug-likeness (QED) is 0.744. The summed E-state index contributed by atoms with van der Waals surface area (Å²) in [4.78, 5) is 0. The Morgan fingerprint density at radius 3 is 2.71 bits per heavy atom. The zero-order valence-corrected chi connectivity index (χ0v) is 10.5. The molecular weight excluding hydrogens is 287 g/mol. The molecule has 1 aromatic carbocycles. The number of rotatable bonds is 3. The highest BCUT2D eigenvalue weighted by Gasteiger charge is 2.22. The topological polar surface area (TPSA) is 9.23 Å². The maximum atomic E-state index is 6.05. The molecule has 1 fully saturated rings. The minimum absolute atomic E-state index is 0.554. The van der Waals surface area contributed by atoms with Gasteiger partial charge in [0.15, 0.2) is 0 Å². The van der Waals surface area contributed by atoms with Crippen molar-refractivity contribution in [2.75, 3.05) is 6.61 Å². The van der Waals surface area contributed by atoms with E-state index in [1.165, 1.54) is 12.8 Å². The lowest BCUT2D eigenvalue weighted by molar-refractivity contribution is 0.300. The summed E-state index contributed by atoms with van der Waals surface area (Å²) in [5, 5.41) is 1.16. The van der Waals surface area contributed by atoms with Crippen LogP contribution in [0, 0.1) is 5.92 Å². The van der Waals surface area contributed by atoms with Gasteiger partial charge in [-0.2, -0.15) is 0 Å². The Hall–Kier alpha value is 0.0800. The molecule has 0 aliphatic heterocycles. The van der Waals surface area contributed by atoms with Crippen LogP contribution in [0.1, 0.15) is 12.8 Å². The summed E-state index contributed by atoms with van der Waals surface area (Å²) in [5.41, 5.74) is 0. The van der Waals surface area contributed by atoms with E-state index in [9.17, 15) is 0 Å². The Balaban J connectivity index is 2.11. The SMILES string of the molecule is Clc1ccc(OCC2CC2)c(Cl)c1Br. The van der Waals surface area contributed by atoms with Gasteiger partial charge in [-0.15, -0.1) is 0 Å². The van der Waals surface area contributed by atoms with Gasteiger partial charge in [0, 0.05) is 0 Å². The van der Waals surface area contributed by atoms with Gasteiger partial charge >= 0.3 is 0 Å². The minimum atomic E-state index is 0.554. The summed E-state index contributed by atoms with van der Waals surface area (Å²) < 4.78 is 6.28. The number of hydrogen-bond donors (Lipinski definition) is 0. The van der Waals surface area contributed by atoms with Gasteiger partial charge in [-0.05, 0) is 46.8 Å². The molecule has 0 heterocycles. The van der Waals surface area contributed by atoms with Gasteiger partial charge in [-0.25, -0.2) is 0 Å². The molecule has 2 rings (SSSR count). The summed E-state index contributed by atoms with van der Waals surface area (Å²) in [6.45, 7) is 0.758. The second kappa shape index (κ2) is 4.30. The van der Waals surface area contributed by atoms with Crippen LogP contribution >= 0.6 is 39.1 Å². The number of hydrogen-bond acceptors (Lipinski definition) is 1. The Kier molecular flexibility index (Phi) is 3.25. The normalized spacial score (nSPS) is 15.6. The van der Waals surface area contributed by atoms with Crippen molar-refractivity contribution in [2.45, 2.75) is 12.8 Å². The van der Waals surface area contributed by atoms with Crippen molar-refractivity contribution < 1.29 is 4.74 Å². The maximum Gasteiger partial charge on any atom is 0.139 e. The lowest BCUT2D eigenvalue weighted by Crippen LogP contribution is -1.99. The molecule has 14 heavy (non-hydrogen) atoms. The van der Waals surface area contributed by atoms with Crippen LogP contribution in [0.5, 0.6) is 5.75 Å². The molecule has 1 aromatic rings. The van der Waals surface area contributed by atoms with Crippen molar-refractivity contribution in [3.63, 3.8) is 0 Å². The summed E-state index contributed by atoms with van der Waals surface area (Å²) in [6.07, 6.45) is 2.54. The van der Waals surface area contributed by atoms with Gasteiger partial charge in [0.05, 0.1) is 21.1 Å². The average Bonchev–Trinajstić information content (AvgIpc) is 2.97. The zero-order valence-electron chi connectivity index (χ0n) is 7.40. The van der Waals surface area contributed by atoms with Crippen LogP contribution in [0.3, 0.4) is 0 Å². The van der Waals surface area contributed by atoms with E-state index in [-0.39, 0.29) is 0 Å². The third-order valence-electron chi connectivity index (χ3n) is 2.17. The lowest BCUT2D eigenvalue weighted by Gasteiger charge is -2.08. The van der Waals surface area contributed by atoms with E-state index < -0.39 is 0 Å². The lowest BCUT2D eigenvalue weighted by atomic mass is 10.3. The molecule has 0 N–H and O–H groups in total. The van der Waals surface area contributed by atoms with Crippen LogP contribution in [0.2, 0.25) is 10.0 Å². The van der Waals surface area contributed by atoms with Gasteiger partial charge in [0.2, 0.25) is 0 Å². The molecule has 1 nitrogen and oxygen atoms in total. The van der Waals surface area contributed by atoms with Gasteiger partial charge in [0.25, 0.3) is 0 Å². The molecule has 0 atom stereocenters. The Morgan fingerprint density at radius 1 is 1.36 bits per heavy atom. The first-order valence-electron chi connectivity index (χ1n) is 4.45. The average molecular weight is 296 g/mol. The molecule has 0 amide bonds. The fourth-order valence-electron chi connectivity index (χ4n) is 1.11. The van der Waals surface area contributed by atoms with Crippen LogP contribution in [-0.4, -0.2) is 6.61 Å². The molecule has 0 radical (unpaired) electrons. The van der Waals surface area contributed by atoms with Crippen LogP contribution in [0.4, 0.5) is 0 Å². The fraction of sp³-hybridized carbons (Fsp3) is 0.400. The number of benzene rings is 1. The van der Waals surface area contributed by atoms with Crippen molar-refractivity contribution in [3.05, 3.63) is 26.7 Å². The Morgan fingerprint density at radius 2 is 2.07 bits per heavy atom. The van der Waals surface area contributed by atoms with E-state index in [2.05, 4.69) is 15.9 Å². The molecule has 0 unspecified atom stereocenters. The first kappa shape index (κ1) is 10.6. The predicted octanol–water partition coefficient (Wildman–Crippen LogP) is 4.54. The molecule has 0 saturated heterocycles. The number of ether oxygens (including phenoxy) is 1. The van der Waals surface area contributed by atoms with E-state index >= 15 is 0 Å². The molecule has 0 aromatic heterocycles. The summed E-state index contributed by atoms with van der Waals surface area (Å²) in [7, 11) is 0. The molecule has 1 saturated carbocycles. The van der Waals surface area contributed by atoms with Crippen LogP contribution in [0.15, 0.2) is 16.6 Å². The van der Waals surface area contributed by atoms with Crippen molar-refractivity contribution >= 4 is 39.1 Å². The predicted molar refractivity (Wildman–Crippen MR) is 62.4 cm³/mol. The van der Waals surface area contributed by atoms with Gasteiger partial charge in [-0.1, -0.05) is 23.2 Å². The fourth-order valence-corrected chi connectivity index (χ4v) is 1.86. The third kappa shape index (κ3) is 2.36. The summed E-state index contributed by atoms with van der Waals surface area (Å²) >= 11 is 15.2. The first-order valence-corrected chi connectivity index (χ1v) is 5.99. The van der Waals surface area contributed by atoms with Gasteiger partial charge in [0.1, 0.15) is 5.75 Å². The highest BCUT2D eigenvalue weighted by atomic mass is 79.9. The monoisotopic (exact) mass is 294 g/mol. The molecular formula is C10H9BrCl2O. The summed E-state index contributed by atoms with van der Waals surface area (Å²) in [6, 6.07) is 3.58. The smallest absolute Gasteiger partial charge is 0.139 e. The molecule has 0 spiro atoms. The second-order valence-electron chi connectivity index (χ2n) is 3.43. The van der Waals surface area contributed by atoms with Crippen LogP contribution in [0.25, 0.3) is 0 Å². The highest BCUT2D eigenvalue weighted by Crippen LogP contribution is 2.38. The van der Waals surface area contributed by atoms with Crippen LogP contribution in [-0.2, 0) is 0 Å². The van der Waals surface area contributed by atoms with Gasteiger partial charge < -0.3 is 4.74 Å². The first-order chi connectivity index (χ1) is 6.68. The largest absolute Gasteiger partial charge is 0.492 e. The molecule has 76 valence electrons. The molecule has 0 bridgehead atoms. The van der Waals surface area contributed by atoms with Crippen molar-refractivity contribution in [2.24, 2.45) is 5.92 Å². The second-order valence-corrected chi connectivity index (χ2v) is 5.01. The Bertz CT molecular complexity index is 350. The number of halogens is 3. The van der Waals surface area contributed by atoms with E-state index in [0.717, 1.165) is 12.5 Å². The van der Waals surface area contributed by atoms with Crippen molar-refractivity contribution in [1.29, 1.82) is 0 Å². The van der Waals surface area contributed by atoms with E-state index in [4.69, 9.17) is 27.9 Å². The van der Waals surface area contributed by atoms with E-state index in [1.807, 2.05) is 0 Å². The molecule has 1 aliphatic carbocycles.